The van der Waals surface area contributed by atoms with Gasteiger partial charge in [-0.3, -0.25) is 0 Å². The summed E-state index contributed by atoms with van der Waals surface area (Å²) in [6, 6.07) is 5.64. The molecule has 0 atom stereocenters. The van der Waals surface area contributed by atoms with Gasteiger partial charge >= 0.3 is 0 Å². The van der Waals surface area contributed by atoms with Crippen LogP contribution in [0.4, 0.5) is 0 Å². The summed E-state index contributed by atoms with van der Waals surface area (Å²) in [6.07, 6.45) is 0.629. The molecule has 0 radical (unpaired) electrons. The number of hydrogen-bond donors (Lipinski definition) is 1. The zero-order valence-corrected chi connectivity index (χ0v) is 8.34. The highest BCUT2D eigenvalue weighted by molar-refractivity contribution is 6.32. The molecule has 13 heavy (non-hydrogen) atoms. The van der Waals surface area contributed by atoms with Crippen LogP contribution in [0.1, 0.15) is 12.0 Å². The lowest BCUT2D eigenvalue weighted by molar-refractivity contribution is 0.233. The fraction of sp³-hybridized carbons (Fsp3) is 0.400. The number of halogens is 1. The average Bonchev–Trinajstić information content (AvgIpc) is 2.09. The molecule has 0 aromatic heterocycles. The van der Waals surface area contributed by atoms with E-state index in [-0.39, 0.29) is 6.61 Å². The normalized spacial score (nSPS) is 10.1. The third-order valence-electron chi connectivity index (χ3n) is 1.65. The van der Waals surface area contributed by atoms with Gasteiger partial charge in [0, 0.05) is 13.0 Å². The molecule has 0 spiro atoms. The van der Waals surface area contributed by atoms with Crippen LogP contribution in [-0.2, 0) is 0 Å². The maximum absolute atomic E-state index is 8.54. The summed E-state index contributed by atoms with van der Waals surface area (Å²) in [6.45, 7) is 2.62. The molecule has 3 heteroatoms. The second kappa shape index (κ2) is 5.10. The SMILES string of the molecule is Cc1ccc(OCCCO)c(Cl)c1. The first-order valence-electron chi connectivity index (χ1n) is 4.24. The molecule has 1 aromatic rings. The number of ether oxygens (including phenoxy) is 1. The third-order valence-corrected chi connectivity index (χ3v) is 1.94. The van der Waals surface area contributed by atoms with Crippen molar-refractivity contribution in [2.75, 3.05) is 13.2 Å². The Hall–Kier alpha value is -0.730. The van der Waals surface area contributed by atoms with Crippen LogP contribution in [-0.4, -0.2) is 18.3 Å². The van der Waals surface area contributed by atoms with Crippen molar-refractivity contribution >= 4 is 11.6 Å². The highest BCUT2D eigenvalue weighted by Crippen LogP contribution is 2.24. The highest BCUT2D eigenvalue weighted by Gasteiger charge is 2.00. The van der Waals surface area contributed by atoms with Gasteiger partial charge in [0.2, 0.25) is 0 Å². The van der Waals surface area contributed by atoms with Gasteiger partial charge in [-0.15, -0.1) is 0 Å². The lowest BCUT2D eigenvalue weighted by Gasteiger charge is -2.07. The fourth-order valence-electron chi connectivity index (χ4n) is 0.970. The van der Waals surface area contributed by atoms with Crippen molar-refractivity contribution in [2.45, 2.75) is 13.3 Å². The van der Waals surface area contributed by atoms with Crippen molar-refractivity contribution in [1.29, 1.82) is 0 Å². The van der Waals surface area contributed by atoms with E-state index in [0.717, 1.165) is 5.56 Å². The van der Waals surface area contributed by atoms with E-state index < -0.39 is 0 Å². The van der Waals surface area contributed by atoms with E-state index in [1.807, 2.05) is 25.1 Å². The molecular formula is C10H13ClO2. The first kappa shape index (κ1) is 10.4. The van der Waals surface area contributed by atoms with Gasteiger partial charge in [-0.25, -0.2) is 0 Å². The molecule has 1 N–H and O–H groups in total. The first-order chi connectivity index (χ1) is 6.24. The quantitative estimate of drug-likeness (QED) is 0.757. The maximum atomic E-state index is 8.54. The average molecular weight is 201 g/mol. The Balaban J connectivity index is 2.56. The summed E-state index contributed by atoms with van der Waals surface area (Å²) >= 11 is 5.92. The molecule has 0 saturated carbocycles. The standard InChI is InChI=1S/C10H13ClO2/c1-8-3-4-10(9(11)7-8)13-6-2-5-12/h3-4,7,12H,2,5-6H2,1H3. The van der Waals surface area contributed by atoms with Gasteiger partial charge in [-0.1, -0.05) is 17.7 Å². The second-order valence-electron chi connectivity index (χ2n) is 2.86. The second-order valence-corrected chi connectivity index (χ2v) is 3.27. The predicted octanol–water partition coefficient (Wildman–Crippen LogP) is 2.41. The molecule has 0 bridgehead atoms. The van der Waals surface area contributed by atoms with Gasteiger partial charge in [0.25, 0.3) is 0 Å². The van der Waals surface area contributed by atoms with Crippen molar-refractivity contribution in [2.24, 2.45) is 0 Å². The molecule has 1 rings (SSSR count). The topological polar surface area (TPSA) is 29.5 Å². The van der Waals surface area contributed by atoms with Crippen LogP contribution in [0.5, 0.6) is 5.75 Å². The summed E-state index contributed by atoms with van der Waals surface area (Å²) in [5, 5.41) is 9.17. The lowest BCUT2D eigenvalue weighted by Crippen LogP contribution is -1.99. The largest absolute Gasteiger partial charge is 0.492 e. The van der Waals surface area contributed by atoms with Crippen molar-refractivity contribution in [1.82, 2.24) is 0 Å². The highest BCUT2D eigenvalue weighted by atomic mass is 35.5. The van der Waals surface area contributed by atoms with Crippen LogP contribution in [0.25, 0.3) is 0 Å². The minimum atomic E-state index is 0.142. The molecule has 0 aliphatic heterocycles. The van der Waals surface area contributed by atoms with E-state index >= 15 is 0 Å². The van der Waals surface area contributed by atoms with Gasteiger partial charge in [-0.05, 0) is 24.6 Å². The summed E-state index contributed by atoms with van der Waals surface area (Å²) in [4.78, 5) is 0. The predicted molar refractivity (Wildman–Crippen MR) is 53.4 cm³/mol. The Kier molecular flexibility index (Phi) is 4.06. The van der Waals surface area contributed by atoms with Crippen molar-refractivity contribution in [3.8, 4) is 5.75 Å². The lowest BCUT2D eigenvalue weighted by atomic mass is 10.2. The minimum Gasteiger partial charge on any atom is -0.492 e. The van der Waals surface area contributed by atoms with E-state index in [1.54, 1.807) is 0 Å². The zero-order chi connectivity index (χ0) is 9.68. The summed E-state index contributed by atoms with van der Waals surface area (Å²) < 4.78 is 5.34. The number of aliphatic hydroxyl groups excluding tert-OH is 1. The van der Waals surface area contributed by atoms with Crippen molar-refractivity contribution in [3.63, 3.8) is 0 Å². The monoisotopic (exact) mass is 200 g/mol. The van der Waals surface area contributed by atoms with Crippen molar-refractivity contribution < 1.29 is 9.84 Å². The summed E-state index contributed by atoms with van der Waals surface area (Å²) in [5.74, 6) is 0.681. The number of hydrogen-bond acceptors (Lipinski definition) is 2. The third kappa shape index (κ3) is 3.25. The molecule has 0 saturated heterocycles. The Bertz CT molecular complexity index is 274. The van der Waals surface area contributed by atoms with Crippen molar-refractivity contribution in [3.05, 3.63) is 28.8 Å². The van der Waals surface area contributed by atoms with Crippen LogP contribution < -0.4 is 4.74 Å². The number of benzene rings is 1. The molecule has 0 amide bonds. The van der Waals surface area contributed by atoms with Crippen LogP contribution in [0.2, 0.25) is 5.02 Å². The van der Waals surface area contributed by atoms with E-state index in [2.05, 4.69) is 0 Å². The molecule has 1 aromatic carbocycles. The van der Waals surface area contributed by atoms with Gasteiger partial charge in [0.05, 0.1) is 11.6 Å². The van der Waals surface area contributed by atoms with Gasteiger partial charge in [0.15, 0.2) is 0 Å². The van der Waals surface area contributed by atoms with E-state index in [1.165, 1.54) is 0 Å². The van der Waals surface area contributed by atoms with E-state index in [9.17, 15) is 0 Å². The van der Waals surface area contributed by atoms with E-state index in [4.69, 9.17) is 21.4 Å². The molecule has 72 valence electrons. The Morgan fingerprint density at radius 1 is 1.46 bits per heavy atom. The molecule has 0 fully saturated rings. The smallest absolute Gasteiger partial charge is 0.137 e. The summed E-state index contributed by atoms with van der Waals surface area (Å²) in [5.41, 5.74) is 1.11. The van der Waals surface area contributed by atoms with Crippen LogP contribution >= 0.6 is 11.6 Å². The molecule has 0 unspecified atom stereocenters. The maximum Gasteiger partial charge on any atom is 0.137 e. The van der Waals surface area contributed by atoms with Crippen LogP contribution in [0, 0.1) is 6.92 Å². The first-order valence-corrected chi connectivity index (χ1v) is 4.61. The van der Waals surface area contributed by atoms with Crippen LogP contribution in [0.15, 0.2) is 18.2 Å². The minimum absolute atomic E-state index is 0.142. The van der Waals surface area contributed by atoms with E-state index in [0.29, 0.717) is 23.8 Å². The van der Waals surface area contributed by atoms with Gasteiger partial charge in [-0.2, -0.15) is 0 Å². The van der Waals surface area contributed by atoms with Crippen LogP contribution in [0.3, 0.4) is 0 Å². The number of aryl methyl sites for hydroxylation is 1. The molecule has 2 nitrogen and oxygen atoms in total. The fourth-order valence-corrected chi connectivity index (χ4v) is 1.26. The molecular weight excluding hydrogens is 188 g/mol. The van der Waals surface area contributed by atoms with Gasteiger partial charge < -0.3 is 9.84 Å². The Morgan fingerprint density at radius 3 is 2.85 bits per heavy atom. The summed E-state index contributed by atoms with van der Waals surface area (Å²) in [7, 11) is 0. The molecule has 0 heterocycles. The Labute approximate surface area is 83.1 Å². The number of aliphatic hydroxyl groups is 1. The Morgan fingerprint density at radius 2 is 2.23 bits per heavy atom. The molecule has 0 aliphatic carbocycles. The zero-order valence-electron chi connectivity index (χ0n) is 7.59. The van der Waals surface area contributed by atoms with Gasteiger partial charge in [0.1, 0.15) is 5.75 Å². The number of rotatable bonds is 4. The molecule has 0 aliphatic rings.